The van der Waals surface area contributed by atoms with E-state index in [0.29, 0.717) is 5.82 Å². The summed E-state index contributed by atoms with van der Waals surface area (Å²) >= 11 is 6.65. The van der Waals surface area contributed by atoms with Crippen LogP contribution in [0.2, 0.25) is 0 Å². The van der Waals surface area contributed by atoms with Crippen LogP contribution in [0.25, 0.3) is 10.2 Å². The number of hydrogen-bond donors (Lipinski definition) is 1. The van der Waals surface area contributed by atoms with Crippen LogP contribution in [0.3, 0.4) is 0 Å². The van der Waals surface area contributed by atoms with Gasteiger partial charge in [0.1, 0.15) is 5.82 Å². The van der Waals surface area contributed by atoms with E-state index in [1.165, 1.54) is 11.3 Å². The average Bonchev–Trinajstić information content (AvgIpc) is 2.82. The van der Waals surface area contributed by atoms with Gasteiger partial charge in [0.05, 0.1) is 10.2 Å². The topological polar surface area (TPSA) is 55.0 Å². The number of benzene rings is 1. The molecule has 0 aliphatic heterocycles. The monoisotopic (exact) mass is 286 g/mol. The number of thiocarbonyl (C=S) groups is 1. The molecule has 0 bridgehead atoms. The molecule has 1 aromatic carbocycles. The minimum absolute atomic E-state index is 0.234. The minimum Gasteiger partial charge on any atom is -0.375 e. The van der Waals surface area contributed by atoms with E-state index >= 15 is 0 Å². The summed E-state index contributed by atoms with van der Waals surface area (Å²) in [6.45, 7) is 0. The van der Waals surface area contributed by atoms with Gasteiger partial charge in [0.25, 0.3) is 0 Å². The van der Waals surface area contributed by atoms with Crippen LogP contribution in [0.5, 0.6) is 0 Å². The Morgan fingerprint density at radius 2 is 1.95 bits per heavy atom. The van der Waals surface area contributed by atoms with Gasteiger partial charge in [0.2, 0.25) is 0 Å². The zero-order chi connectivity index (χ0) is 13.2. The number of thiazole rings is 1. The third-order valence-corrected chi connectivity index (χ3v) is 3.78. The summed E-state index contributed by atoms with van der Waals surface area (Å²) in [5.41, 5.74) is 6.74. The Kier molecular flexibility index (Phi) is 3.10. The Morgan fingerprint density at radius 1 is 1.16 bits per heavy atom. The Morgan fingerprint density at radius 3 is 2.63 bits per heavy atom. The van der Waals surface area contributed by atoms with Gasteiger partial charge in [0.15, 0.2) is 10.2 Å². The number of aromatic nitrogens is 2. The molecule has 0 saturated heterocycles. The maximum Gasteiger partial charge on any atom is 0.198 e. The predicted octanol–water partition coefficient (Wildman–Crippen LogP) is 3.07. The Balaban J connectivity index is 2.12. The third kappa shape index (κ3) is 2.27. The quantitative estimate of drug-likeness (QED) is 0.734. The molecule has 2 heterocycles. The maximum absolute atomic E-state index is 5.81. The van der Waals surface area contributed by atoms with E-state index in [-0.39, 0.29) is 5.11 Å². The van der Waals surface area contributed by atoms with Crippen molar-refractivity contribution in [1.82, 2.24) is 9.97 Å². The minimum atomic E-state index is 0.234. The molecule has 0 fully saturated rings. The van der Waals surface area contributed by atoms with Gasteiger partial charge in [0, 0.05) is 6.20 Å². The molecule has 6 heteroatoms. The molecule has 0 saturated carbocycles. The van der Waals surface area contributed by atoms with Gasteiger partial charge in [-0.3, -0.25) is 0 Å². The highest BCUT2D eigenvalue weighted by Gasteiger charge is 2.17. The van der Waals surface area contributed by atoms with Crippen molar-refractivity contribution < 1.29 is 0 Å². The van der Waals surface area contributed by atoms with Crippen LogP contribution in [0.4, 0.5) is 10.9 Å². The van der Waals surface area contributed by atoms with Crippen molar-refractivity contribution >= 4 is 49.8 Å². The summed E-state index contributed by atoms with van der Waals surface area (Å²) in [7, 11) is 0. The second kappa shape index (κ2) is 4.91. The highest BCUT2D eigenvalue weighted by molar-refractivity contribution is 7.80. The first-order chi connectivity index (χ1) is 9.25. The van der Waals surface area contributed by atoms with Gasteiger partial charge >= 0.3 is 0 Å². The number of anilines is 2. The van der Waals surface area contributed by atoms with E-state index < -0.39 is 0 Å². The summed E-state index contributed by atoms with van der Waals surface area (Å²) in [6, 6.07) is 13.5. The molecule has 0 amide bonds. The standard InChI is InChI=1S/C13H10N4S2/c14-12(18)17(11-7-3-4-8-15-11)13-16-9-5-1-2-6-10(9)19-13/h1-8H,(H2,14,18). The number of fused-ring (bicyclic) bond motifs is 1. The second-order valence-corrected chi connectivity index (χ2v) is 5.25. The first-order valence-corrected chi connectivity index (χ1v) is 6.84. The van der Waals surface area contributed by atoms with Crippen molar-refractivity contribution in [3.63, 3.8) is 0 Å². The molecule has 4 nitrogen and oxygen atoms in total. The molecule has 0 aliphatic carbocycles. The van der Waals surface area contributed by atoms with Crippen molar-refractivity contribution in [3.05, 3.63) is 48.7 Å². The highest BCUT2D eigenvalue weighted by atomic mass is 32.1. The fourth-order valence-corrected chi connectivity index (χ4v) is 2.97. The third-order valence-electron chi connectivity index (χ3n) is 2.57. The highest BCUT2D eigenvalue weighted by Crippen LogP contribution is 2.32. The predicted molar refractivity (Wildman–Crippen MR) is 82.8 cm³/mol. The van der Waals surface area contributed by atoms with Crippen molar-refractivity contribution in [2.45, 2.75) is 0 Å². The molecule has 0 atom stereocenters. The van der Waals surface area contributed by atoms with Gasteiger partial charge < -0.3 is 5.73 Å². The van der Waals surface area contributed by atoms with Gasteiger partial charge in [-0.05, 0) is 36.5 Å². The Hall–Kier alpha value is -2.05. The van der Waals surface area contributed by atoms with Crippen molar-refractivity contribution in [1.29, 1.82) is 0 Å². The second-order valence-electron chi connectivity index (χ2n) is 3.83. The number of hydrogen-bond acceptors (Lipinski definition) is 4. The van der Waals surface area contributed by atoms with Gasteiger partial charge in [-0.25, -0.2) is 14.9 Å². The average molecular weight is 286 g/mol. The van der Waals surface area contributed by atoms with Crippen molar-refractivity contribution in [2.75, 3.05) is 4.90 Å². The molecule has 2 N–H and O–H groups in total. The van der Waals surface area contributed by atoms with E-state index in [1.54, 1.807) is 11.1 Å². The zero-order valence-corrected chi connectivity index (χ0v) is 11.5. The lowest BCUT2D eigenvalue weighted by Gasteiger charge is -2.17. The molecule has 3 aromatic rings. The summed E-state index contributed by atoms with van der Waals surface area (Å²) in [6.07, 6.45) is 1.70. The van der Waals surface area contributed by atoms with Crippen LogP contribution >= 0.6 is 23.6 Å². The first kappa shape index (κ1) is 12.0. The Labute approximate surface area is 119 Å². The zero-order valence-electron chi connectivity index (χ0n) is 9.85. The molecule has 3 rings (SSSR count). The summed E-state index contributed by atoms with van der Waals surface area (Å²) in [5, 5.41) is 0.963. The molecular weight excluding hydrogens is 276 g/mol. The van der Waals surface area contributed by atoms with Gasteiger partial charge in [-0.2, -0.15) is 0 Å². The van der Waals surface area contributed by atoms with E-state index in [9.17, 15) is 0 Å². The molecule has 0 spiro atoms. The van der Waals surface area contributed by atoms with Crippen LogP contribution < -0.4 is 10.6 Å². The first-order valence-electron chi connectivity index (χ1n) is 5.62. The fraction of sp³-hybridized carbons (Fsp3) is 0. The Bertz CT molecular complexity index is 691. The molecule has 19 heavy (non-hydrogen) atoms. The van der Waals surface area contributed by atoms with Crippen molar-refractivity contribution in [2.24, 2.45) is 5.73 Å². The lowest BCUT2D eigenvalue weighted by molar-refractivity contribution is 1.20. The number of pyridine rings is 1. The van der Waals surface area contributed by atoms with Crippen LogP contribution in [-0.4, -0.2) is 15.1 Å². The SMILES string of the molecule is NC(=S)N(c1ccccn1)c1nc2ccccc2s1. The van der Waals surface area contributed by atoms with Crippen LogP contribution in [0.15, 0.2) is 48.7 Å². The smallest absolute Gasteiger partial charge is 0.198 e. The van der Waals surface area contributed by atoms with E-state index in [1.807, 2.05) is 42.5 Å². The summed E-state index contributed by atoms with van der Waals surface area (Å²) in [5.74, 6) is 0.675. The van der Waals surface area contributed by atoms with Gasteiger partial charge in [-0.1, -0.05) is 29.5 Å². The molecule has 94 valence electrons. The number of rotatable bonds is 2. The van der Waals surface area contributed by atoms with Gasteiger partial charge in [-0.15, -0.1) is 0 Å². The molecule has 0 aliphatic rings. The summed E-state index contributed by atoms with van der Waals surface area (Å²) < 4.78 is 1.09. The van der Waals surface area contributed by atoms with E-state index in [2.05, 4.69) is 9.97 Å². The largest absolute Gasteiger partial charge is 0.375 e. The van der Waals surface area contributed by atoms with E-state index in [0.717, 1.165) is 15.3 Å². The maximum atomic E-state index is 5.81. The lowest BCUT2D eigenvalue weighted by atomic mass is 10.3. The number of nitrogens with zero attached hydrogens (tertiary/aromatic N) is 3. The normalized spacial score (nSPS) is 10.5. The summed E-state index contributed by atoms with van der Waals surface area (Å²) in [4.78, 5) is 10.5. The number of nitrogens with two attached hydrogens (primary N) is 1. The van der Waals surface area contributed by atoms with Crippen LogP contribution in [0, 0.1) is 0 Å². The van der Waals surface area contributed by atoms with Crippen LogP contribution in [-0.2, 0) is 0 Å². The lowest BCUT2D eigenvalue weighted by Crippen LogP contribution is -2.31. The number of para-hydroxylation sites is 1. The molecule has 0 unspecified atom stereocenters. The fourth-order valence-electron chi connectivity index (χ4n) is 1.75. The molecular formula is C13H10N4S2. The van der Waals surface area contributed by atoms with Crippen LogP contribution in [0.1, 0.15) is 0 Å². The molecule has 2 aromatic heterocycles. The van der Waals surface area contributed by atoms with E-state index in [4.69, 9.17) is 18.0 Å². The molecule has 0 radical (unpaired) electrons. The van der Waals surface area contributed by atoms with Crippen molar-refractivity contribution in [3.8, 4) is 0 Å².